The van der Waals surface area contributed by atoms with Gasteiger partial charge in [0, 0.05) is 24.6 Å². The molecule has 0 bridgehead atoms. The van der Waals surface area contributed by atoms with E-state index < -0.39 is 0 Å². The molecule has 0 aliphatic rings. The Morgan fingerprint density at radius 1 is 1.60 bits per heavy atom. The summed E-state index contributed by atoms with van der Waals surface area (Å²) in [6, 6.07) is 2.16. The van der Waals surface area contributed by atoms with Crippen LogP contribution in [0.5, 0.6) is 0 Å². The number of aryl methyl sites for hydroxylation is 1. The van der Waals surface area contributed by atoms with Gasteiger partial charge in [0.2, 0.25) is 11.7 Å². The zero-order valence-electron chi connectivity index (χ0n) is 11.4. The summed E-state index contributed by atoms with van der Waals surface area (Å²) >= 11 is 0. The van der Waals surface area contributed by atoms with E-state index in [0.717, 1.165) is 18.5 Å². The number of fused-ring (bicyclic) bond motifs is 1. The molecule has 0 saturated heterocycles. The van der Waals surface area contributed by atoms with Crippen LogP contribution in [0.15, 0.2) is 36.2 Å². The van der Waals surface area contributed by atoms with Crippen molar-refractivity contribution >= 4 is 11.7 Å². The second kappa shape index (κ2) is 6.53. The van der Waals surface area contributed by atoms with Crippen molar-refractivity contribution in [3.8, 4) is 12.5 Å². The Balaban J connectivity index is 2.14. The number of aromatic nitrogens is 3. The zero-order valence-corrected chi connectivity index (χ0v) is 11.4. The summed E-state index contributed by atoms with van der Waals surface area (Å²) in [7, 11) is 0. The monoisotopic (exact) mass is 268 g/mol. The van der Waals surface area contributed by atoms with Crippen molar-refractivity contribution in [2.45, 2.75) is 26.4 Å². The summed E-state index contributed by atoms with van der Waals surface area (Å²) in [6.45, 7) is 5.99. The summed E-state index contributed by atoms with van der Waals surface area (Å²) in [5, 5.41) is 0. The maximum Gasteiger partial charge on any atom is 0.234 e. The second-order valence-corrected chi connectivity index (χ2v) is 4.22. The van der Waals surface area contributed by atoms with Gasteiger partial charge in [-0.2, -0.15) is 4.99 Å². The van der Waals surface area contributed by atoms with Gasteiger partial charge >= 0.3 is 0 Å². The lowest BCUT2D eigenvalue weighted by Crippen LogP contribution is -2.01. The highest BCUT2D eigenvalue weighted by Gasteiger charge is 2.05. The molecule has 2 heterocycles. The van der Waals surface area contributed by atoms with Gasteiger partial charge in [-0.1, -0.05) is 26.3 Å². The van der Waals surface area contributed by atoms with Crippen LogP contribution in [0.2, 0.25) is 0 Å². The molecule has 5 nitrogen and oxygen atoms in total. The van der Waals surface area contributed by atoms with Crippen LogP contribution in [0.4, 0.5) is 0 Å². The van der Waals surface area contributed by atoms with E-state index in [0.29, 0.717) is 11.7 Å². The number of terminal acetylenes is 1. The van der Waals surface area contributed by atoms with Crippen molar-refractivity contribution in [1.82, 2.24) is 14.4 Å². The van der Waals surface area contributed by atoms with Gasteiger partial charge in [-0.3, -0.25) is 4.40 Å². The normalized spacial score (nSPS) is 11.3. The van der Waals surface area contributed by atoms with Crippen LogP contribution in [0.1, 0.15) is 24.6 Å². The minimum Gasteiger partial charge on any atom is -0.471 e. The Hall–Kier alpha value is -2.61. The third-order valence-corrected chi connectivity index (χ3v) is 2.67. The van der Waals surface area contributed by atoms with E-state index >= 15 is 0 Å². The van der Waals surface area contributed by atoms with Crippen LogP contribution in [-0.2, 0) is 17.8 Å². The lowest BCUT2D eigenvalue weighted by Gasteiger charge is -2.00. The molecule has 0 N–H and O–H groups in total. The molecule has 5 heteroatoms. The molecule has 0 saturated carbocycles. The van der Waals surface area contributed by atoms with Gasteiger partial charge in [0.1, 0.15) is 6.61 Å². The highest BCUT2D eigenvalue weighted by atomic mass is 16.5. The molecule has 0 spiro atoms. The Morgan fingerprint density at radius 2 is 2.45 bits per heavy atom. The van der Waals surface area contributed by atoms with E-state index in [1.807, 2.05) is 23.0 Å². The minimum atomic E-state index is 0.277. The molecule has 0 aliphatic heterocycles. The summed E-state index contributed by atoms with van der Waals surface area (Å²) in [4.78, 5) is 12.4. The fourth-order valence-corrected chi connectivity index (χ4v) is 1.81. The molecule has 2 rings (SSSR count). The average molecular weight is 268 g/mol. The predicted octanol–water partition coefficient (Wildman–Crippen LogP) is 2.37. The van der Waals surface area contributed by atoms with Crippen LogP contribution in [0.3, 0.4) is 0 Å². The van der Waals surface area contributed by atoms with Gasteiger partial charge in [0.15, 0.2) is 0 Å². The summed E-state index contributed by atoms with van der Waals surface area (Å²) in [5.74, 6) is 0.960. The number of aliphatic imine (C=N–C) groups is 1. The van der Waals surface area contributed by atoms with Gasteiger partial charge in [-0.25, -0.2) is 9.97 Å². The number of hydrogen-bond donors (Lipinski definition) is 0. The van der Waals surface area contributed by atoms with Crippen molar-refractivity contribution in [3.05, 3.63) is 42.5 Å². The van der Waals surface area contributed by atoms with E-state index in [-0.39, 0.29) is 6.61 Å². The number of hydrogen-bond acceptors (Lipinski definition) is 4. The topological polar surface area (TPSA) is 51.8 Å². The van der Waals surface area contributed by atoms with E-state index in [1.54, 1.807) is 0 Å². The Morgan fingerprint density at radius 3 is 3.15 bits per heavy atom. The molecule has 102 valence electrons. The summed E-state index contributed by atoms with van der Waals surface area (Å²) in [5.41, 5.74) is 1.95. The molecule has 2 aromatic rings. The lowest BCUT2D eigenvalue weighted by molar-refractivity contribution is 0.291. The van der Waals surface area contributed by atoms with Crippen molar-refractivity contribution in [2.24, 2.45) is 4.99 Å². The molecule has 0 fully saturated rings. The van der Waals surface area contributed by atoms with Crippen LogP contribution in [0, 0.1) is 12.5 Å². The summed E-state index contributed by atoms with van der Waals surface area (Å²) < 4.78 is 7.31. The molecule has 0 aliphatic carbocycles. The molecular weight excluding hydrogens is 252 g/mol. The fraction of sp³-hybridized carbons (Fsp3) is 0.267. The van der Waals surface area contributed by atoms with Gasteiger partial charge in [-0.15, -0.1) is 0 Å². The molecule has 0 aromatic carbocycles. The molecule has 0 amide bonds. The first-order valence-electron chi connectivity index (χ1n) is 6.37. The third-order valence-electron chi connectivity index (χ3n) is 2.67. The first-order chi connectivity index (χ1) is 9.76. The lowest BCUT2D eigenvalue weighted by atomic mass is 10.2. The van der Waals surface area contributed by atoms with Crippen molar-refractivity contribution in [3.63, 3.8) is 0 Å². The fourth-order valence-electron chi connectivity index (χ4n) is 1.81. The molecular formula is C15H16N4O. The van der Waals surface area contributed by atoms with E-state index in [2.05, 4.69) is 34.5 Å². The van der Waals surface area contributed by atoms with E-state index in [4.69, 9.17) is 11.2 Å². The summed E-state index contributed by atoms with van der Waals surface area (Å²) in [6.07, 6.45) is 14.4. The van der Waals surface area contributed by atoms with Gasteiger partial charge < -0.3 is 4.74 Å². The largest absolute Gasteiger partial charge is 0.471 e. The minimum absolute atomic E-state index is 0.277. The quantitative estimate of drug-likeness (QED) is 0.475. The zero-order chi connectivity index (χ0) is 14.4. The smallest absolute Gasteiger partial charge is 0.234 e. The molecule has 0 atom stereocenters. The van der Waals surface area contributed by atoms with Gasteiger partial charge in [-0.05, 0) is 18.1 Å². The van der Waals surface area contributed by atoms with Crippen LogP contribution < -0.4 is 0 Å². The van der Waals surface area contributed by atoms with Crippen molar-refractivity contribution in [1.29, 1.82) is 0 Å². The first kappa shape index (κ1) is 13.8. The van der Waals surface area contributed by atoms with Crippen molar-refractivity contribution in [2.75, 3.05) is 0 Å². The average Bonchev–Trinajstić information content (AvgIpc) is 2.86. The molecule has 20 heavy (non-hydrogen) atoms. The van der Waals surface area contributed by atoms with Gasteiger partial charge in [0.25, 0.3) is 0 Å². The molecule has 2 aromatic heterocycles. The Bertz CT molecular complexity index is 679. The van der Waals surface area contributed by atoms with Gasteiger partial charge in [0.05, 0.1) is 5.69 Å². The maximum atomic E-state index is 5.41. The van der Waals surface area contributed by atoms with Crippen LogP contribution in [-0.4, -0.2) is 20.3 Å². The predicted molar refractivity (Wildman–Crippen MR) is 78.2 cm³/mol. The number of nitrogens with zero attached hydrogens (tertiary/aromatic N) is 4. The molecule has 0 radical (unpaired) electrons. The van der Waals surface area contributed by atoms with E-state index in [9.17, 15) is 0 Å². The number of imidazole rings is 1. The second-order valence-electron chi connectivity index (χ2n) is 4.22. The highest BCUT2D eigenvalue weighted by molar-refractivity contribution is 5.87. The van der Waals surface area contributed by atoms with Crippen molar-refractivity contribution < 1.29 is 4.74 Å². The van der Waals surface area contributed by atoms with E-state index in [1.165, 1.54) is 11.6 Å². The first-order valence-corrected chi connectivity index (χ1v) is 6.37. The molecule has 0 unspecified atom stereocenters. The standard InChI is InChI=1S/C15H16N4O/c1-4-7-12-8-17-15-18-13(10-19(15)9-12)11-20-14(5-2)16-6-3/h3,5,8-10H,2,4,7,11H2,1H3/b16-14+. The third kappa shape index (κ3) is 3.23. The highest BCUT2D eigenvalue weighted by Crippen LogP contribution is 2.08. The Kier molecular flexibility index (Phi) is 4.51. The SMILES string of the molecule is C#C/N=C(\C=C)OCc1cn2cc(CCC)cnc2n1. The number of ether oxygens (including phenoxy) is 1. The number of rotatable bonds is 5. The van der Waals surface area contributed by atoms with Crippen LogP contribution in [0.25, 0.3) is 5.78 Å². The maximum absolute atomic E-state index is 5.41. The van der Waals surface area contributed by atoms with Crippen LogP contribution >= 0.6 is 0 Å². The Labute approximate surface area is 118 Å².